The van der Waals surface area contributed by atoms with Gasteiger partial charge in [0.2, 0.25) is 0 Å². The first-order valence-corrected chi connectivity index (χ1v) is 11.9. The van der Waals surface area contributed by atoms with Crippen LogP contribution in [0, 0.1) is 0 Å². The summed E-state index contributed by atoms with van der Waals surface area (Å²) in [6.45, 7) is 2.36. The number of hydrogen-bond acceptors (Lipinski definition) is 5. The zero-order valence-corrected chi connectivity index (χ0v) is 17.9. The lowest BCUT2D eigenvalue weighted by atomic mass is 10.0. The number of unbranched alkanes of at least 4 members (excludes halogenated alkanes) is 7. The maximum Gasteiger partial charge on any atom is 0.0842 e. The highest BCUT2D eigenvalue weighted by Gasteiger charge is 2.40. The normalized spacial score (nSPS) is 30.0. The number of hydrogen-bond donors (Lipinski definition) is 3. The van der Waals surface area contributed by atoms with Crippen LogP contribution in [0.25, 0.3) is 0 Å². The molecule has 2 rings (SSSR count). The van der Waals surface area contributed by atoms with E-state index in [9.17, 15) is 10.2 Å². The Bertz CT molecular complexity index is 391. The molecule has 0 radical (unpaired) electrons. The van der Waals surface area contributed by atoms with Gasteiger partial charge in [0.05, 0.1) is 36.6 Å². The number of aliphatic hydroxyl groups excluding tert-OH is 3. The van der Waals surface area contributed by atoms with E-state index in [0.29, 0.717) is 12.8 Å². The molecule has 5 nitrogen and oxygen atoms in total. The van der Waals surface area contributed by atoms with Crippen molar-refractivity contribution in [3.8, 4) is 0 Å². The van der Waals surface area contributed by atoms with E-state index in [0.717, 1.165) is 38.5 Å². The van der Waals surface area contributed by atoms with Gasteiger partial charge in [-0.15, -0.1) is 0 Å². The largest absolute Gasteiger partial charge is 0.396 e. The third-order valence-electron chi connectivity index (χ3n) is 6.46. The SMILES string of the molecule is CCCCCCCCCC[C@@H](O)[C@H]1CC[C@@H]([C@H]2CC[C@H]([C@H](O)CCCO)O2)O1. The maximum atomic E-state index is 10.5. The van der Waals surface area contributed by atoms with Crippen LogP contribution in [0.3, 0.4) is 0 Å². The van der Waals surface area contributed by atoms with Crippen LogP contribution >= 0.6 is 0 Å². The van der Waals surface area contributed by atoms with Crippen molar-refractivity contribution in [1.82, 2.24) is 0 Å². The zero-order chi connectivity index (χ0) is 20.2. The van der Waals surface area contributed by atoms with Crippen molar-refractivity contribution in [2.75, 3.05) is 6.61 Å². The highest BCUT2D eigenvalue weighted by atomic mass is 16.6. The predicted molar refractivity (Wildman–Crippen MR) is 111 cm³/mol. The molecule has 28 heavy (non-hydrogen) atoms. The van der Waals surface area contributed by atoms with Crippen LogP contribution < -0.4 is 0 Å². The number of aliphatic hydroxyl groups is 3. The molecule has 3 N–H and O–H groups in total. The minimum Gasteiger partial charge on any atom is -0.396 e. The molecule has 0 unspecified atom stereocenters. The third kappa shape index (κ3) is 8.27. The fraction of sp³-hybridized carbons (Fsp3) is 1.00. The van der Waals surface area contributed by atoms with E-state index in [1.807, 2.05) is 0 Å². The summed E-state index contributed by atoms with van der Waals surface area (Å²) in [5, 5.41) is 29.6. The van der Waals surface area contributed by atoms with Crippen LogP contribution in [0.1, 0.15) is 103 Å². The maximum absolute atomic E-state index is 10.5. The molecule has 0 spiro atoms. The van der Waals surface area contributed by atoms with E-state index in [4.69, 9.17) is 14.6 Å². The molecule has 0 aliphatic carbocycles. The molecule has 0 amide bonds. The molecular formula is C23H44O5. The Labute approximate surface area is 171 Å². The van der Waals surface area contributed by atoms with E-state index < -0.39 is 6.10 Å². The second kappa shape index (κ2) is 13.9. The summed E-state index contributed by atoms with van der Waals surface area (Å²) in [6.07, 6.45) is 14.9. The van der Waals surface area contributed by atoms with Crippen molar-refractivity contribution in [1.29, 1.82) is 0 Å². The van der Waals surface area contributed by atoms with Gasteiger partial charge in [-0.1, -0.05) is 58.3 Å². The fourth-order valence-corrected chi connectivity index (χ4v) is 4.65. The Kier molecular flexibility index (Phi) is 12.0. The summed E-state index contributed by atoms with van der Waals surface area (Å²) in [5.41, 5.74) is 0. The van der Waals surface area contributed by atoms with Gasteiger partial charge >= 0.3 is 0 Å². The molecule has 0 bridgehead atoms. The molecule has 0 aromatic carbocycles. The van der Waals surface area contributed by atoms with Crippen LogP contribution in [0.2, 0.25) is 0 Å². The highest BCUT2D eigenvalue weighted by molar-refractivity contribution is 4.89. The first-order chi connectivity index (χ1) is 13.7. The van der Waals surface area contributed by atoms with Crippen LogP contribution in [-0.4, -0.2) is 58.6 Å². The van der Waals surface area contributed by atoms with E-state index in [1.54, 1.807) is 0 Å². The molecule has 0 aromatic heterocycles. The lowest BCUT2D eigenvalue weighted by Gasteiger charge is -2.24. The van der Waals surface area contributed by atoms with Gasteiger partial charge in [-0.2, -0.15) is 0 Å². The standard InChI is InChI=1S/C23H44O5/c1-2-3-4-5-6-7-8-9-11-18(25)20-13-15-22(27-20)23-16-14-21(28-23)19(26)12-10-17-24/h18-26H,2-17H2,1H3/t18-,19-,20-,21-,22+,23-/m1/s1. The summed E-state index contributed by atoms with van der Waals surface area (Å²) in [5.74, 6) is 0. The lowest BCUT2D eigenvalue weighted by molar-refractivity contribution is -0.110. The molecule has 0 aromatic rings. The van der Waals surface area contributed by atoms with Crippen LogP contribution in [0.4, 0.5) is 0 Å². The minimum atomic E-state index is -0.498. The monoisotopic (exact) mass is 400 g/mol. The molecule has 2 aliphatic heterocycles. The molecule has 5 heteroatoms. The second-order valence-corrected chi connectivity index (χ2v) is 8.84. The second-order valence-electron chi connectivity index (χ2n) is 8.84. The Morgan fingerprint density at radius 2 is 1.14 bits per heavy atom. The summed E-state index contributed by atoms with van der Waals surface area (Å²) >= 11 is 0. The topological polar surface area (TPSA) is 79.2 Å². The molecule has 2 saturated heterocycles. The van der Waals surface area contributed by atoms with Gasteiger partial charge in [-0.05, 0) is 44.9 Å². The zero-order valence-electron chi connectivity index (χ0n) is 17.9. The molecule has 2 fully saturated rings. The average Bonchev–Trinajstić information content (AvgIpc) is 3.37. The Hall–Kier alpha value is -0.200. The van der Waals surface area contributed by atoms with Crippen molar-refractivity contribution in [3.05, 3.63) is 0 Å². The van der Waals surface area contributed by atoms with Gasteiger partial charge in [0, 0.05) is 6.61 Å². The van der Waals surface area contributed by atoms with Crippen molar-refractivity contribution in [2.24, 2.45) is 0 Å². The van der Waals surface area contributed by atoms with Gasteiger partial charge in [-0.25, -0.2) is 0 Å². The van der Waals surface area contributed by atoms with Gasteiger partial charge in [0.15, 0.2) is 0 Å². The minimum absolute atomic E-state index is 0.0362. The van der Waals surface area contributed by atoms with Crippen molar-refractivity contribution >= 4 is 0 Å². The van der Waals surface area contributed by atoms with Crippen molar-refractivity contribution < 1.29 is 24.8 Å². The summed E-state index contributed by atoms with van der Waals surface area (Å²) in [4.78, 5) is 0. The van der Waals surface area contributed by atoms with Gasteiger partial charge in [0.1, 0.15) is 0 Å². The Morgan fingerprint density at radius 3 is 1.64 bits per heavy atom. The summed E-state index contributed by atoms with van der Waals surface area (Å²) < 4.78 is 12.2. The third-order valence-corrected chi connectivity index (χ3v) is 6.46. The van der Waals surface area contributed by atoms with Gasteiger partial charge < -0.3 is 24.8 Å². The van der Waals surface area contributed by atoms with Crippen LogP contribution in [0.15, 0.2) is 0 Å². The smallest absolute Gasteiger partial charge is 0.0842 e. The molecule has 2 aliphatic rings. The van der Waals surface area contributed by atoms with Crippen molar-refractivity contribution in [3.63, 3.8) is 0 Å². The first kappa shape index (κ1) is 24.1. The number of ether oxygens (including phenoxy) is 2. The molecule has 166 valence electrons. The fourth-order valence-electron chi connectivity index (χ4n) is 4.65. The Morgan fingerprint density at radius 1 is 0.679 bits per heavy atom. The molecule has 6 atom stereocenters. The molecular weight excluding hydrogens is 356 g/mol. The van der Waals surface area contributed by atoms with Crippen LogP contribution in [-0.2, 0) is 9.47 Å². The highest BCUT2D eigenvalue weighted by Crippen LogP contribution is 2.34. The first-order valence-electron chi connectivity index (χ1n) is 11.9. The lowest BCUT2D eigenvalue weighted by Crippen LogP contribution is -2.33. The van der Waals surface area contributed by atoms with Crippen molar-refractivity contribution in [2.45, 2.75) is 140 Å². The van der Waals surface area contributed by atoms with E-state index in [-0.39, 0.29) is 37.1 Å². The quantitative estimate of drug-likeness (QED) is 0.361. The summed E-state index contributed by atoms with van der Waals surface area (Å²) in [6, 6.07) is 0. The van der Waals surface area contributed by atoms with E-state index in [1.165, 1.54) is 44.9 Å². The summed E-state index contributed by atoms with van der Waals surface area (Å²) in [7, 11) is 0. The molecule has 2 heterocycles. The van der Waals surface area contributed by atoms with Gasteiger partial charge in [-0.3, -0.25) is 0 Å². The average molecular weight is 401 g/mol. The Balaban J connectivity index is 1.56. The van der Waals surface area contributed by atoms with E-state index in [2.05, 4.69) is 6.92 Å². The molecule has 0 saturated carbocycles. The van der Waals surface area contributed by atoms with Gasteiger partial charge in [0.25, 0.3) is 0 Å². The van der Waals surface area contributed by atoms with E-state index >= 15 is 0 Å². The number of rotatable bonds is 15. The predicted octanol–water partition coefficient (Wildman–Crippen LogP) is 4.11. The van der Waals surface area contributed by atoms with Crippen LogP contribution in [0.5, 0.6) is 0 Å².